The summed E-state index contributed by atoms with van der Waals surface area (Å²) >= 11 is 0. The van der Waals surface area contributed by atoms with E-state index in [0.29, 0.717) is 6.42 Å². The van der Waals surface area contributed by atoms with Crippen molar-refractivity contribution in [1.29, 1.82) is 0 Å². The minimum absolute atomic E-state index is 0.0804. The van der Waals surface area contributed by atoms with E-state index in [1.165, 1.54) is 0 Å². The molecule has 0 radical (unpaired) electrons. The summed E-state index contributed by atoms with van der Waals surface area (Å²) in [5, 5.41) is 20.9. The topological polar surface area (TPSA) is 69.6 Å². The summed E-state index contributed by atoms with van der Waals surface area (Å²) in [4.78, 5) is 10.9. The molecule has 0 bridgehead atoms. The van der Waals surface area contributed by atoms with Gasteiger partial charge in [-0.2, -0.15) is 0 Å². The van der Waals surface area contributed by atoms with Gasteiger partial charge in [-0.25, -0.2) is 0 Å². The van der Waals surface area contributed by atoms with Crippen LogP contribution in [0.4, 0.5) is 0 Å². The van der Waals surface area contributed by atoms with Crippen molar-refractivity contribution in [2.75, 3.05) is 6.61 Å². The van der Waals surface area contributed by atoms with Gasteiger partial charge in [0.25, 0.3) is 0 Å². The molecule has 4 heteroatoms. The maximum Gasteiger partial charge on any atom is 0.320 e. The Morgan fingerprint density at radius 3 is 2.50 bits per heavy atom. The maximum atomic E-state index is 10.9. The molecule has 1 saturated carbocycles. The Balaban J connectivity index is 2.49. The van der Waals surface area contributed by atoms with Crippen molar-refractivity contribution in [1.82, 2.24) is 5.32 Å². The molecule has 82 valence electrons. The molecule has 0 heterocycles. The van der Waals surface area contributed by atoms with Gasteiger partial charge in [-0.05, 0) is 39.0 Å². The van der Waals surface area contributed by atoms with Gasteiger partial charge in [-0.15, -0.1) is 0 Å². The van der Waals surface area contributed by atoms with Crippen LogP contribution in [-0.2, 0) is 4.79 Å². The SMILES string of the molecule is CC(C)(CCO)NC(C(=O)O)C1CC1. The van der Waals surface area contributed by atoms with E-state index in [9.17, 15) is 4.79 Å². The zero-order valence-electron chi connectivity index (χ0n) is 8.79. The van der Waals surface area contributed by atoms with E-state index < -0.39 is 12.0 Å². The van der Waals surface area contributed by atoms with Gasteiger partial charge in [0.05, 0.1) is 0 Å². The Hall–Kier alpha value is -0.610. The summed E-state index contributed by atoms with van der Waals surface area (Å²) in [6.45, 7) is 3.92. The number of carboxylic acids is 1. The van der Waals surface area contributed by atoms with E-state index in [0.717, 1.165) is 12.8 Å². The molecule has 0 saturated heterocycles. The number of carboxylic acid groups (broad SMARTS) is 1. The van der Waals surface area contributed by atoms with Crippen molar-refractivity contribution in [2.24, 2.45) is 5.92 Å². The Morgan fingerprint density at radius 1 is 1.57 bits per heavy atom. The van der Waals surface area contributed by atoms with Gasteiger partial charge in [0.15, 0.2) is 0 Å². The predicted octanol–water partition coefficient (Wildman–Crippen LogP) is 0.600. The lowest BCUT2D eigenvalue weighted by Crippen LogP contribution is -2.51. The van der Waals surface area contributed by atoms with E-state index in [1.54, 1.807) is 0 Å². The largest absolute Gasteiger partial charge is 0.480 e. The highest BCUT2D eigenvalue weighted by atomic mass is 16.4. The van der Waals surface area contributed by atoms with Gasteiger partial charge in [0.1, 0.15) is 6.04 Å². The van der Waals surface area contributed by atoms with Crippen molar-refractivity contribution in [2.45, 2.75) is 44.7 Å². The van der Waals surface area contributed by atoms with E-state index in [1.807, 2.05) is 13.8 Å². The van der Waals surface area contributed by atoms with Gasteiger partial charge >= 0.3 is 5.97 Å². The fraction of sp³-hybridized carbons (Fsp3) is 0.900. The summed E-state index contributed by atoms with van der Waals surface area (Å²) in [5.74, 6) is -0.496. The van der Waals surface area contributed by atoms with Crippen molar-refractivity contribution in [3.05, 3.63) is 0 Å². The van der Waals surface area contributed by atoms with Crippen molar-refractivity contribution >= 4 is 5.97 Å². The smallest absolute Gasteiger partial charge is 0.320 e. The molecule has 0 aliphatic heterocycles. The van der Waals surface area contributed by atoms with Crippen molar-refractivity contribution < 1.29 is 15.0 Å². The zero-order chi connectivity index (χ0) is 10.8. The van der Waals surface area contributed by atoms with E-state index in [-0.39, 0.29) is 18.1 Å². The van der Waals surface area contributed by atoms with E-state index in [2.05, 4.69) is 5.32 Å². The molecule has 1 fully saturated rings. The fourth-order valence-corrected chi connectivity index (χ4v) is 1.58. The molecule has 1 aliphatic rings. The molecule has 3 N–H and O–H groups in total. The number of rotatable bonds is 6. The Bertz CT molecular complexity index is 211. The van der Waals surface area contributed by atoms with Gasteiger partial charge in [0.2, 0.25) is 0 Å². The number of aliphatic hydroxyl groups excluding tert-OH is 1. The third-order valence-corrected chi connectivity index (χ3v) is 2.64. The van der Waals surface area contributed by atoms with E-state index in [4.69, 9.17) is 10.2 Å². The van der Waals surface area contributed by atoms with Gasteiger partial charge in [0, 0.05) is 12.1 Å². The second-order valence-corrected chi connectivity index (χ2v) is 4.66. The number of aliphatic carboxylic acids is 1. The molecule has 0 spiro atoms. The molecule has 1 atom stereocenters. The van der Waals surface area contributed by atoms with Crippen LogP contribution >= 0.6 is 0 Å². The van der Waals surface area contributed by atoms with Crippen LogP contribution in [0.3, 0.4) is 0 Å². The average Bonchev–Trinajstić information content (AvgIpc) is 2.82. The summed E-state index contributed by atoms with van der Waals surface area (Å²) in [6, 6.07) is -0.448. The number of nitrogens with one attached hydrogen (secondary N) is 1. The number of aliphatic hydroxyl groups is 1. The van der Waals surface area contributed by atoms with Crippen LogP contribution in [0, 0.1) is 5.92 Å². The lowest BCUT2D eigenvalue weighted by atomic mass is 9.98. The van der Waals surface area contributed by atoms with Crippen LogP contribution in [0.1, 0.15) is 33.1 Å². The molecule has 0 aromatic heterocycles. The summed E-state index contributed by atoms with van der Waals surface area (Å²) < 4.78 is 0. The van der Waals surface area contributed by atoms with Gasteiger partial charge in [-0.3, -0.25) is 10.1 Å². The minimum atomic E-state index is -0.779. The van der Waals surface area contributed by atoms with Crippen LogP contribution in [0.5, 0.6) is 0 Å². The van der Waals surface area contributed by atoms with Crippen LogP contribution in [0.2, 0.25) is 0 Å². The standard InChI is InChI=1S/C10H19NO3/c1-10(2,5-6-12)11-8(9(13)14)7-3-4-7/h7-8,11-12H,3-6H2,1-2H3,(H,13,14). The minimum Gasteiger partial charge on any atom is -0.480 e. The highest BCUT2D eigenvalue weighted by Crippen LogP contribution is 2.33. The van der Waals surface area contributed by atoms with E-state index >= 15 is 0 Å². The van der Waals surface area contributed by atoms with Gasteiger partial charge < -0.3 is 10.2 Å². The molecule has 0 aromatic rings. The number of hydrogen-bond acceptors (Lipinski definition) is 3. The molecule has 1 rings (SSSR count). The molecule has 0 amide bonds. The average molecular weight is 201 g/mol. The number of carbonyl (C=O) groups is 1. The van der Waals surface area contributed by atoms with Crippen LogP contribution < -0.4 is 5.32 Å². The Morgan fingerprint density at radius 2 is 2.14 bits per heavy atom. The van der Waals surface area contributed by atoms with Crippen molar-refractivity contribution in [3.8, 4) is 0 Å². The second kappa shape index (κ2) is 4.28. The molecule has 1 unspecified atom stereocenters. The molecular formula is C10H19NO3. The molecule has 1 aliphatic carbocycles. The summed E-state index contributed by atoms with van der Waals surface area (Å²) in [6.07, 6.45) is 2.57. The zero-order valence-corrected chi connectivity index (χ0v) is 8.79. The molecular weight excluding hydrogens is 182 g/mol. The fourth-order valence-electron chi connectivity index (χ4n) is 1.58. The van der Waals surface area contributed by atoms with Crippen LogP contribution in [0.25, 0.3) is 0 Å². The first-order chi connectivity index (χ1) is 6.46. The molecule has 4 nitrogen and oxygen atoms in total. The summed E-state index contributed by atoms with van der Waals surface area (Å²) in [7, 11) is 0. The normalized spacial score (nSPS) is 19.4. The van der Waals surface area contributed by atoms with Crippen LogP contribution in [-0.4, -0.2) is 34.4 Å². The molecule has 14 heavy (non-hydrogen) atoms. The predicted molar refractivity (Wildman–Crippen MR) is 53.1 cm³/mol. The third kappa shape index (κ3) is 3.27. The van der Waals surface area contributed by atoms with Crippen LogP contribution in [0.15, 0.2) is 0 Å². The Kier molecular flexibility index (Phi) is 3.50. The monoisotopic (exact) mass is 201 g/mol. The summed E-state index contributed by atoms with van der Waals surface area (Å²) in [5.41, 5.74) is -0.305. The third-order valence-electron chi connectivity index (χ3n) is 2.64. The lowest BCUT2D eigenvalue weighted by Gasteiger charge is -2.29. The van der Waals surface area contributed by atoms with Gasteiger partial charge in [-0.1, -0.05) is 0 Å². The first kappa shape index (κ1) is 11.5. The lowest BCUT2D eigenvalue weighted by molar-refractivity contribution is -0.140. The second-order valence-electron chi connectivity index (χ2n) is 4.66. The first-order valence-electron chi connectivity index (χ1n) is 5.07. The van der Waals surface area contributed by atoms with Crippen molar-refractivity contribution in [3.63, 3.8) is 0 Å². The molecule has 0 aromatic carbocycles. The quantitative estimate of drug-likeness (QED) is 0.588. The highest BCUT2D eigenvalue weighted by Gasteiger charge is 2.38. The first-order valence-corrected chi connectivity index (χ1v) is 5.07. The maximum absolute atomic E-state index is 10.9. The number of hydrogen-bond donors (Lipinski definition) is 3. The Labute approximate surface area is 84.3 Å². The highest BCUT2D eigenvalue weighted by molar-refractivity contribution is 5.74.